The molecule has 0 amide bonds. The Balaban J connectivity index is 4.07. The third kappa shape index (κ3) is 11.4. The highest BCUT2D eigenvalue weighted by atomic mass is 16.7. The fraction of sp³-hybridized carbons (Fsp3) is 0.882. The van der Waals surface area contributed by atoms with Crippen LogP contribution in [0.4, 0.5) is 0 Å². The van der Waals surface area contributed by atoms with Crippen molar-refractivity contribution in [3.8, 4) is 0 Å². The molecule has 0 aromatic carbocycles. The van der Waals surface area contributed by atoms with Crippen molar-refractivity contribution in [2.75, 3.05) is 19.8 Å². The lowest BCUT2D eigenvalue weighted by Crippen LogP contribution is -2.24. The predicted molar refractivity (Wildman–Crippen MR) is 85.0 cm³/mol. The first kappa shape index (κ1) is 19.6. The Labute approximate surface area is 125 Å². The minimum Gasteiger partial charge on any atom is -0.374 e. The molecule has 0 saturated carbocycles. The quantitative estimate of drug-likeness (QED) is 0.263. The SMILES string of the molecule is CCCCCC/C=C/[C@@H](CC(OCC)OCC)OCC. The number of hydrogen-bond acceptors (Lipinski definition) is 3. The molecule has 0 rings (SSSR count). The Bertz CT molecular complexity index is 210. The molecule has 0 aliphatic heterocycles. The first-order valence-electron chi connectivity index (χ1n) is 8.29. The summed E-state index contributed by atoms with van der Waals surface area (Å²) in [5.41, 5.74) is 0. The summed E-state index contributed by atoms with van der Waals surface area (Å²) in [5.74, 6) is 0. The van der Waals surface area contributed by atoms with Crippen molar-refractivity contribution in [2.45, 2.75) is 78.6 Å². The van der Waals surface area contributed by atoms with E-state index >= 15 is 0 Å². The van der Waals surface area contributed by atoms with E-state index in [0.29, 0.717) is 13.2 Å². The lowest BCUT2D eigenvalue weighted by atomic mass is 10.1. The van der Waals surface area contributed by atoms with E-state index in [9.17, 15) is 0 Å². The van der Waals surface area contributed by atoms with Gasteiger partial charge in [-0.3, -0.25) is 0 Å². The lowest BCUT2D eigenvalue weighted by Gasteiger charge is -2.21. The van der Waals surface area contributed by atoms with Gasteiger partial charge in [-0.1, -0.05) is 38.3 Å². The van der Waals surface area contributed by atoms with Crippen LogP contribution in [0.5, 0.6) is 0 Å². The van der Waals surface area contributed by atoms with Gasteiger partial charge in [-0.2, -0.15) is 0 Å². The maximum Gasteiger partial charge on any atom is 0.160 e. The van der Waals surface area contributed by atoms with E-state index < -0.39 is 0 Å². The van der Waals surface area contributed by atoms with E-state index in [1.165, 1.54) is 25.7 Å². The van der Waals surface area contributed by atoms with Gasteiger partial charge in [0.2, 0.25) is 0 Å². The summed E-state index contributed by atoms with van der Waals surface area (Å²) in [6.07, 6.45) is 11.4. The largest absolute Gasteiger partial charge is 0.374 e. The van der Waals surface area contributed by atoms with E-state index in [1.807, 2.05) is 20.8 Å². The zero-order valence-corrected chi connectivity index (χ0v) is 13.9. The fourth-order valence-corrected chi connectivity index (χ4v) is 2.10. The molecule has 3 heteroatoms. The molecule has 0 radical (unpaired) electrons. The second-order valence-electron chi connectivity index (χ2n) is 4.85. The van der Waals surface area contributed by atoms with Gasteiger partial charge in [0.05, 0.1) is 6.10 Å². The highest BCUT2D eigenvalue weighted by molar-refractivity contribution is 4.90. The monoisotopic (exact) mass is 286 g/mol. The summed E-state index contributed by atoms with van der Waals surface area (Å²) in [4.78, 5) is 0. The predicted octanol–water partition coefficient (Wildman–Crippen LogP) is 4.71. The molecule has 0 unspecified atom stereocenters. The summed E-state index contributed by atoms with van der Waals surface area (Å²) >= 11 is 0. The van der Waals surface area contributed by atoms with Crippen molar-refractivity contribution in [2.24, 2.45) is 0 Å². The van der Waals surface area contributed by atoms with Crippen molar-refractivity contribution in [1.29, 1.82) is 0 Å². The maximum atomic E-state index is 5.75. The molecule has 3 nitrogen and oxygen atoms in total. The maximum absolute atomic E-state index is 5.75. The zero-order valence-electron chi connectivity index (χ0n) is 13.9. The molecular weight excluding hydrogens is 252 g/mol. The third-order valence-electron chi connectivity index (χ3n) is 3.09. The van der Waals surface area contributed by atoms with Crippen LogP contribution >= 0.6 is 0 Å². The number of rotatable bonds is 14. The van der Waals surface area contributed by atoms with Gasteiger partial charge < -0.3 is 14.2 Å². The van der Waals surface area contributed by atoms with E-state index in [-0.39, 0.29) is 12.4 Å². The molecule has 0 N–H and O–H groups in total. The molecular formula is C17H34O3. The van der Waals surface area contributed by atoms with Crippen molar-refractivity contribution < 1.29 is 14.2 Å². The number of unbranched alkanes of at least 4 members (excludes halogenated alkanes) is 4. The first-order valence-corrected chi connectivity index (χ1v) is 8.29. The molecule has 120 valence electrons. The van der Waals surface area contributed by atoms with E-state index in [0.717, 1.165) is 19.4 Å². The molecule has 0 saturated heterocycles. The van der Waals surface area contributed by atoms with Crippen LogP contribution in [0.1, 0.15) is 66.2 Å². The summed E-state index contributed by atoms with van der Waals surface area (Å²) in [6, 6.07) is 0. The van der Waals surface area contributed by atoms with Crippen LogP contribution in [-0.4, -0.2) is 32.2 Å². The molecule has 0 aliphatic carbocycles. The average Bonchev–Trinajstić information content (AvgIpc) is 2.43. The van der Waals surface area contributed by atoms with Crippen molar-refractivity contribution >= 4 is 0 Å². The lowest BCUT2D eigenvalue weighted by molar-refractivity contribution is -0.152. The summed E-state index contributed by atoms with van der Waals surface area (Å²) < 4.78 is 16.9. The van der Waals surface area contributed by atoms with Gasteiger partial charge in [0, 0.05) is 26.2 Å². The Morgan fingerprint density at radius 3 is 2.00 bits per heavy atom. The van der Waals surface area contributed by atoms with Gasteiger partial charge >= 0.3 is 0 Å². The molecule has 0 heterocycles. The van der Waals surface area contributed by atoms with Gasteiger partial charge in [0.25, 0.3) is 0 Å². The standard InChI is InChI=1S/C17H34O3/c1-5-9-10-11-12-13-14-16(18-6-2)15-17(19-7-3)20-8-4/h13-14,16-17H,5-12,15H2,1-4H3/b14-13+/t16-/m0/s1. The van der Waals surface area contributed by atoms with Gasteiger partial charge in [-0.25, -0.2) is 0 Å². The van der Waals surface area contributed by atoms with Gasteiger partial charge in [-0.05, 0) is 33.6 Å². The third-order valence-corrected chi connectivity index (χ3v) is 3.09. The van der Waals surface area contributed by atoms with E-state index in [4.69, 9.17) is 14.2 Å². The molecule has 1 atom stereocenters. The minimum absolute atomic E-state index is 0.0919. The van der Waals surface area contributed by atoms with Gasteiger partial charge in [0.15, 0.2) is 6.29 Å². The van der Waals surface area contributed by atoms with Crippen LogP contribution < -0.4 is 0 Å². The van der Waals surface area contributed by atoms with E-state index in [1.54, 1.807) is 0 Å². The van der Waals surface area contributed by atoms with Crippen molar-refractivity contribution in [3.63, 3.8) is 0 Å². The van der Waals surface area contributed by atoms with Crippen LogP contribution in [-0.2, 0) is 14.2 Å². The van der Waals surface area contributed by atoms with Gasteiger partial charge in [0.1, 0.15) is 0 Å². The second kappa shape index (κ2) is 15.0. The average molecular weight is 286 g/mol. The Morgan fingerprint density at radius 2 is 1.45 bits per heavy atom. The molecule has 0 spiro atoms. The highest BCUT2D eigenvalue weighted by Crippen LogP contribution is 2.11. The van der Waals surface area contributed by atoms with Crippen LogP contribution in [0.2, 0.25) is 0 Å². The van der Waals surface area contributed by atoms with Crippen LogP contribution in [0.15, 0.2) is 12.2 Å². The molecule has 0 aromatic rings. The van der Waals surface area contributed by atoms with Crippen LogP contribution in [0.25, 0.3) is 0 Å². The van der Waals surface area contributed by atoms with Crippen molar-refractivity contribution in [3.05, 3.63) is 12.2 Å². The fourth-order valence-electron chi connectivity index (χ4n) is 2.10. The Hall–Kier alpha value is -0.380. The Kier molecular flexibility index (Phi) is 14.7. The summed E-state index contributed by atoms with van der Waals surface area (Å²) in [5, 5.41) is 0. The zero-order chi connectivity index (χ0) is 15.1. The van der Waals surface area contributed by atoms with Gasteiger partial charge in [-0.15, -0.1) is 0 Å². The first-order chi connectivity index (χ1) is 9.78. The Morgan fingerprint density at radius 1 is 0.800 bits per heavy atom. The number of ether oxygens (including phenoxy) is 3. The topological polar surface area (TPSA) is 27.7 Å². The van der Waals surface area contributed by atoms with E-state index in [2.05, 4.69) is 19.1 Å². The van der Waals surface area contributed by atoms with Crippen LogP contribution in [0.3, 0.4) is 0 Å². The summed E-state index contributed by atoms with van der Waals surface area (Å²) in [6.45, 7) is 10.3. The summed E-state index contributed by atoms with van der Waals surface area (Å²) in [7, 11) is 0. The number of hydrogen-bond donors (Lipinski definition) is 0. The smallest absolute Gasteiger partial charge is 0.160 e. The molecule has 0 aliphatic rings. The minimum atomic E-state index is -0.161. The highest BCUT2D eigenvalue weighted by Gasteiger charge is 2.14. The molecule has 20 heavy (non-hydrogen) atoms. The molecule has 0 fully saturated rings. The molecule has 0 aromatic heterocycles. The van der Waals surface area contributed by atoms with Crippen LogP contribution in [0, 0.1) is 0 Å². The normalized spacial score (nSPS) is 13.4. The number of allylic oxidation sites excluding steroid dienone is 1. The second-order valence-corrected chi connectivity index (χ2v) is 4.85. The van der Waals surface area contributed by atoms with Crippen molar-refractivity contribution in [1.82, 2.24) is 0 Å². The molecule has 0 bridgehead atoms.